The summed E-state index contributed by atoms with van der Waals surface area (Å²) in [6.45, 7) is 11.5. The van der Waals surface area contributed by atoms with Crippen molar-refractivity contribution in [2.24, 2.45) is 11.1 Å². The molecule has 3 atom stereocenters. The Morgan fingerprint density at radius 3 is 1.94 bits per heavy atom. The van der Waals surface area contributed by atoms with Gasteiger partial charge in [0.2, 0.25) is 5.91 Å². The highest BCUT2D eigenvalue weighted by molar-refractivity contribution is 5.92. The van der Waals surface area contributed by atoms with Crippen molar-refractivity contribution in [3.63, 3.8) is 0 Å². The number of rotatable bonds is 8. The monoisotopic (exact) mass is 482 g/mol. The molecule has 0 aliphatic heterocycles. The maximum atomic E-state index is 13.5. The van der Waals surface area contributed by atoms with Crippen LogP contribution >= 0.6 is 0 Å². The minimum Gasteiger partial charge on any atom is -0.388 e. The number of nitrogens with one attached hydrogen (secondary N) is 2. The van der Waals surface area contributed by atoms with Crippen molar-refractivity contribution in [2.45, 2.75) is 77.6 Å². The number of nitrogens with two attached hydrogens (primary N) is 1. The average Bonchev–Trinajstić information content (AvgIpc) is 2.76. The second-order valence-corrected chi connectivity index (χ2v) is 11.6. The van der Waals surface area contributed by atoms with Gasteiger partial charge in [-0.2, -0.15) is 0 Å². The summed E-state index contributed by atoms with van der Waals surface area (Å²) < 4.78 is 0. The molecule has 2 aromatic carbocycles. The number of anilines is 1. The largest absolute Gasteiger partial charge is 0.388 e. The molecule has 0 radical (unpaired) electrons. The number of para-hydroxylation sites is 1. The van der Waals surface area contributed by atoms with E-state index in [1.54, 1.807) is 7.05 Å². The molecule has 0 aromatic heterocycles. The molecule has 0 heterocycles. The molecule has 2 aromatic rings. The lowest BCUT2D eigenvalue weighted by Crippen LogP contribution is -2.70. The fourth-order valence-corrected chi connectivity index (χ4v) is 4.15. The van der Waals surface area contributed by atoms with Gasteiger partial charge in [0.1, 0.15) is 11.6 Å². The molecule has 0 saturated heterocycles. The Balaban J connectivity index is 2.43. The van der Waals surface area contributed by atoms with Crippen LogP contribution in [0.1, 0.15) is 53.5 Å². The van der Waals surface area contributed by atoms with E-state index in [1.165, 1.54) is 4.90 Å². The van der Waals surface area contributed by atoms with E-state index < -0.39 is 35.2 Å². The number of aliphatic hydroxyl groups is 1. The van der Waals surface area contributed by atoms with Gasteiger partial charge in [0.05, 0.1) is 6.04 Å². The van der Waals surface area contributed by atoms with E-state index in [2.05, 4.69) is 10.6 Å². The summed E-state index contributed by atoms with van der Waals surface area (Å²) in [6.07, 6.45) is -0.821. The molecule has 35 heavy (non-hydrogen) atoms. The van der Waals surface area contributed by atoms with Gasteiger partial charge in [-0.05, 0) is 56.7 Å². The SMILES string of the molecule is CN(C(=O)NC(Cc1ccccc1)C(O)C(N)(CC(C)(C)C)C(=O)NC(C)(C)C)c1ccccc1. The highest BCUT2D eigenvalue weighted by atomic mass is 16.3. The summed E-state index contributed by atoms with van der Waals surface area (Å²) in [5, 5.41) is 17.6. The Morgan fingerprint density at radius 2 is 1.46 bits per heavy atom. The summed E-state index contributed by atoms with van der Waals surface area (Å²) in [7, 11) is 1.66. The van der Waals surface area contributed by atoms with Crippen molar-refractivity contribution in [3.8, 4) is 0 Å². The predicted molar refractivity (Wildman–Crippen MR) is 142 cm³/mol. The minimum absolute atomic E-state index is 0.221. The Kier molecular flexibility index (Phi) is 9.09. The molecule has 0 bridgehead atoms. The zero-order valence-corrected chi connectivity index (χ0v) is 22.1. The molecule has 7 heteroatoms. The number of amides is 3. The van der Waals surface area contributed by atoms with Crippen molar-refractivity contribution in [3.05, 3.63) is 66.2 Å². The normalized spacial score (nSPS) is 15.5. The first-order valence-electron chi connectivity index (χ1n) is 12.1. The van der Waals surface area contributed by atoms with Crippen LogP contribution in [-0.2, 0) is 11.2 Å². The van der Waals surface area contributed by atoms with E-state index in [9.17, 15) is 14.7 Å². The van der Waals surface area contributed by atoms with Crippen LogP contribution in [0.2, 0.25) is 0 Å². The number of carbonyl (C=O) groups excluding carboxylic acids is 2. The van der Waals surface area contributed by atoms with Gasteiger partial charge in [-0.1, -0.05) is 69.3 Å². The lowest BCUT2D eigenvalue weighted by molar-refractivity contribution is -0.134. The third-order valence-electron chi connectivity index (χ3n) is 5.70. The summed E-state index contributed by atoms with van der Waals surface area (Å²) >= 11 is 0. The fourth-order valence-electron chi connectivity index (χ4n) is 4.15. The predicted octanol–water partition coefficient (Wildman–Crippen LogP) is 3.85. The highest BCUT2D eigenvalue weighted by Gasteiger charge is 2.48. The van der Waals surface area contributed by atoms with Gasteiger partial charge < -0.3 is 21.5 Å². The average molecular weight is 483 g/mol. The number of carbonyl (C=O) groups is 2. The van der Waals surface area contributed by atoms with Gasteiger partial charge in [0.15, 0.2) is 0 Å². The second kappa shape index (κ2) is 11.2. The van der Waals surface area contributed by atoms with E-state index in [0.29, 0.717) is 12.1 Å². The lowest BCUT2D eigenvalue weighted by Gasteiger charge is -2.42. The smallest absolute Gasteiger partial charge is 0.321 e. The number of urea groups is 1. The number of aliphatic hydroxyl groups excluding tert-OH is 1. The maximum Gasteiger partial charge on any atom is 0.321 e. The molecule has 3 amide bonds. The standard InChI is InChI=1S/C28H42N4O3/c1-26(2,3)19-28(29,24(34)31-27(4,5)6)23(33)22(18-20-14-10-8-11-15-20)30-25(35)32(7)21-16-12-9-13-17-21/h8-17,22-23,33H,18-19,29H2,1-7H3,(H,30,35)(H,31,34). The van der Waals surface area contributed by atoms with Crippen LogP contribution in [0.3, 0.4) is 0 Å². The summed E-state index contributed by atoms with van der Waals surface area (Å²) in [5.41, 5.74) is 5.86. The third-order valence-corrected chi connectivity index (χ3v) is 5.70. The van der Waals surface area contributed by atoms with Crippen LogP contribution in [0.5, 0.6) is 0 Å². The Labute approximate surface area is 210 Å². The van der Waals surface area contributed by atoms with Crippen LogP contribution in [0.15, 0.2) is 60.7 Å². The Hall–Kier alpha value is -2.90. The molecule has 192 valence electrons. The van der Waals surface area contributed by atoms with Gasteiger partial charge in [0.25, 0.3) is 0 Å². The van der Waals surface area contributed by atoms with Gasteiger partial charge in [-0.15, -0.1) is 0 Å². The number of benzene rings is 2. The molecule has 0 saturated carbocycles. The zero-order chi connectivity index (χ0) is 26.4. The molecule has 5 N–H and O–H groups in total. The molecule has 7 nitrogen and oxygen atoms in total. The molecular formula is C28H42N4O3. The molecule has 0 aliphatic carbocycles. The maximum absolute atomic E-state index is 13.5. The highest BCUT2D eigenvalue weighted by Crippen LogP contribution is 2.31. The molecule has 2 rings (SSSR count). The second-order valence-electron chi connectivity index (χ2n) is 11.6. The van der Waals surface area contributed by atoms with E-state index in [4.69, 9.17) is 5.73 Å². The van der Waals surface area contributed by atoms with Gasteiger partial charge in [-0.25, -0.2) is 4.79 Å². The van der Waals surface area contributed by atoms with Crippen molar-refractivity contribution in [1.29, 1.82) is 0 Å². The first-order chi connectivity index (χ1) is 16.1. The van der Waals surface area contributed by atoms with Crippen molar-refractivity contribution >= 4 is 17.6 Å². The molecule has 0 spiro atoms. The van der Waals surface area contributed by atoms with Gasteiger partial charge in [-0.3, -0.25) is 9.69 Å². The van der Waals surface area contributed by atoms with Crippen LogP contribution in [0, 0.1) is 5.41 Å². The topological polar surface area (TPSA) is 108 Å². The van der Waals surface area contributed by atoms with Crippen LogP contribution < -0.4 is 21.3 Å². The lowest BCUT2D eigenvalue weighted by atomic mass is 9.73. The van der Waals surface area contributed by atoms with Crippen molar-refractivity contribution in [1.82, 2.24) is 10.6 Å². The van der Waals surface area contributed by atoms with Crippen molar-refractivity contribution < 1.29 is 14.7 Å². The van der Waals surface area contributed by atoms with Crippen molar-refractivity contribution in [2.75, 3.05) is 11.9 Å². The molecule has 0 aliphatic rings. The number of hydrogen-bond acceptors (Lipinski definition) is 4. The summed E-state index contributed by atoms with van der Waals surface area (Å²) in [4.78, 5) is 28.2. The fraction of sp³-hybridized carbons (Fsp3) is 0.500. The Bertz CT molecular complexity index is 967. The molecule has 3 unspecified atom stereocenters. The number of hydrogen-bond donors (Lipinski definition) is 4. The van der Waals surface area contributed by atoms with E-state index in [1.807, 2.05) is 102 Å². The summed E-state index contributed by atoms with van der Waals surface area (Å²) in [5.74, 6) is -0.448. The van der Waals surface area contributed by atoms with Crippen LogP contribution in [0.4, 0.5) is 10.5 Å². The van der Waals surface area contributed by atoms with Gasteiger partial charge >= 0.3 is 6.03 Å². The van der Waals surface area contributed by atoms with E-state index in [-0.39, 0.29) is 11.8 Å². The molecular weight excluding hydrogens is 440 g/mol. The van der Waals surface area contributed by atoms with Gasteiger partial charge in [0, 0.05) is 18.3 Å². The first kappa shape index (κ1) is 28.3. The summed E-state index contributed by atoms with van der Waals surface area (Å²) in [6, 6.07) is 17.6. The Morgan fingerprint density at radius 1 is 0.943 bits per heavy atom. The minimum atomic E-state index is -1.64. The first-order valence-corrected chi connectivity index (χ1v) is 12.1. The number of nitrogens with zero attached hydrogens (tertiary/aromatic N) is 1. The van der Waals surface area contributed by atoms with Crippen LogP contribution in [0.25, 0.3) is 0 Å². The van der Waals surface area contributed by atoms with Crippen LogP contribution in [-0.4, -0.2) is 47.3 Å². The van der Waals surface area contributed by atoms with E-state index in [0.717, 1.165) is 5.56 Å². The quantitative estimate of drug-likeness (QED) is 0.458. The zero-order valence-electron chi connectivity index (χ0n) is 22.1. The van der Waals surface area contributed by atoms with E-state index >= 15 is 0 Å². The molecule has 0 fully saturated rings. The third kappa shape index (κ3) is 8.37.